The molecule has 1 heterocycles. The minimum atomic E-state index is -1.01. The van der Waals surface area contributed by atoms with Gasteiger partial charge in [-0.25, -0.2) is 9.78 Å². The van der Waals surface area contributed by atoms with Gasteiger partial charge in [-0.05, 0) is 28.1 Å². The quantitative estimate of drug-likeness (QED) is 0.781. The fourth-order valence-corrected chi connectivity index (χ4v) is 2.76. The van der Waals surface area contributed by atoms with Gasteiger partial charge < -0.3 is 11.3 Å². The van der Waals surface area contributed by atoms with Crippen LogP contribution in [0.3, 0.4) is 0 Å². The van der Waals surface area contributed by atoms with Gasteiger partial charge in [-0.15, -0.1) is 11.3 Å². The van der Waals surface area contributed by atoms with Crippen LogP contribution < -0.4 is 56.1 Å². The van der Waals surface area contributed by atoms with E-state index in [-0.39, 0.29) is 57.8 Å². The van der Waals surface area contributed by atoms with Crippen LogP contribution in [-0.4, -0.2) is 23.2 Å². The first kappa shape index (κ1) is 14.6. The second-order valence-corrected chi connectivity index (χ2v) is 4.55. The molecule has 0 spiro atoms. The fraction of sp³-hybridized carbons (Fsp3) is 0.111. The van der Waals surface area contributed by atoms with Crippen molar-refractivity contribution in [3.05, 3.63) is 21.6 Å². The van der Waals surface area contributed by atoms with Crippen LogP contribution in [0, 0.1) is 0 Å². The number of ether oxygens (including phenoxy) is 1. The van der Waals surface area contributed by atoms with Crippen molar-refractivity contribution < 1.29 is 67.4 Å². The van der Waals surface area contributed by atoms with E-state index in [0.717, 1.165) is 20.5 Å². The summed E-state index contributed by atoms with van der Waals surface area (Å²) in [4.78, 5) is 14.7. The van der Waals surface area contributed by atoms with Crippen LogP contribution in [0.5, 0.6) is 5.75 Å². The van der Waals surface area contributed by atoms with Crippen LogP contribution in [-0.2, 0) is 0 Å². The first-order valence-corrected chi connectivity index (χ1v) is 5.60. The largest absolute Gasteiger partial charge is 1.00 e. The molecule has 4 nitrogen and oxygen atoms in total. The number of carbonyl (C=O) groups is 1. The summed E-state index contributed by atoms with van der Waals surface area (Å²) in [6, 6.07) is 3.49. The van der Waals surface area contributed by atoms with E-state index in [9.17, 15) is 4.79 Å². The van der Waals surface area contributed by atoms with Crippen molar-refractivity contribution in [1.82, 2.24) is 4.98 Å². The van der Waals surface area contributed by atoms with Crippen molar-refractivity contribution in [3.8, 4) is 5.75 Å². The molecule has 0 bridgehead atoms. The molecule has 0 saturated heterocycles. The number of methoxy groups -OCH3 is 1. The Morgan fingerprint density at radius 3 is 2.88 bits per heavy atom. The topological polar surface area (TPSA) is 59.4 Å². The van der Waals surface area contributed by atoms with E-state index >= 15 is 0 Å². The van der Waals surface area contributed by atoms with E-state index in [1.54, 1.807) is 19.2 Å². The molecule has 7 heteroatoms. The van der Waals surface area contributed by atoms with Crippen LogP contribution >= 0.6 is 27.3 Å². The first-order valence-electron chi connectivity index (χ1n) is 4.00. The summed E-state index contributed by atoms with van der Waals surface area (Å²) in [5, 5.41) is 8.89. The summed E-state index contributed by atoms with van der Waals surface area (Å²) in [7, 11) is 1.56. The maximum atomic E-state index is 10.7. The number of hydrogen-bond acceptors (Lipinski definition) is 4. The number of halogens is 1. The van der Waals surface area contributed by atoms with E-state index in [1.807, 2.05) is 0 Å². The zero-order valence-electron chi connectivity index (χ0n) is 9.65. The summed E-state index contributed by atoms with van der Waals surface area (Å²) in [6.45, 7) is 0. The number of benzene rings is 1. The number of aromatic carboxylic acids is 1. The molecule has 1 aromatic carbocycles. The van der Waals surface area contributed by atoms with Gasteiger partial charge in [0.2, 0.25) is 5.01 Å². The Morgan fingerprint density at radius 2 is 2.31 bits per heavy atom. The molecule has 0 aliphatic rings. The fourth-order valence-electron chi connectivity index (χ4n) is 1.19. The molecule has 80 valence electrons. The third-order valence-electron chi connectivity index (χ3n) is 1.86. The summed E-state index contributed by atoms with van der Waals surface area (Å²) < 4.78 is 6.63. The normalized spacial score (nSPS) is 9.88. The van der Waals surface area contributed by atoms with Crippen LogP contribution in [0.15, 0.2) is 16.6 Å². The van der Waals surface area contributed by atoms with Crippen molar-refractivity contribution in [2.45, 2.75) is 0 Å². The molecule has 2 rings (SSSR count). The summed E-state index contributed by atoms with van der Waals surface area (Å²) in [6.07, 6.45) is 0. The maximum absolute atomic E-state index is 10.7. The summed E-state index contributed by atoms with van der Waals surface area (Å²) in [5.41, 5.74) is 0.657. The second-order valence-electron chi connectivity index (χ2n) is 2.75. The SMILES string of the molecule is COc1ccc2nc(C(=O)O)sc2c1Br.[H-].[K+]. The maximum Gasteiger partial charge on any atom is 1.00 e. The number of nitrogens with zero attached hydrogens (tertiary/aromatic N) is 1. The number of hydrogen-bond donors (Lipinski definition) is 1. The van der Waals surface area contributed by atoms with E-state index < -0.39 is 5.97 Å². The molecule has 0 aliphatic heterocycles. The van der Waals surface area contributed by atoms with Crippen molar-refractivity contribution in [2.24, 2.45) is 0 Å². The Kier molecular flexibility index (Phi) is 5.37. The predicted molar refractivity (Wildman–Crippen MR) is 61.9 cm³/mol. The molecule has 0 unspecified atom stereocenters. The molecule has 16 heavy (non-hydrogen) atoms. The van der Waals surface area contributed by atoms with Crippen LogP contribution in [0.4, 0.5) is 0 Å². The Hall–Kier alpha value is 0.496. The van der Waals surface area contributed by atoms with Crippen molar-refractivity contribution in [2.75, 3.05) is 7.11 Å². The molecule has 0 radical (unpaired) electrons. The Labute approximate surface area is 148 Å². The number of rotatable bonds is 2. The average Bonchev–Trinajstić information content (AvgIpc) is 2.63. The van der Waals surface area contributed by atoms with E-state index in [1.165, 1.54) is 0 Å². The van der Waals surface area contributed by atoms with E-state index in [0.29, 0.717) is 11.3 Å². The van der Waals surface area contributed by atoms with Crippen molar-refractivity contribution in [1.29, 1.82) is 0 Å². The van der Waals surface area contributed by atoms with Gasteiger partial charge in [0, 0.05) is 0 Å². The van der Waals surface area contributed by atoms with Crippen molar-refractivity contribution in [3.63, 3.8) is 0 Å². The van der Waals surface area contributed by atoms with Gasteiger partial charge in [-0.3, -0.25) is 0 Å². The molecular weight excluding hydrogens is 321 g/mol. The molecule has 1 aromatic heterocycles. The first-order chi connectivity index (χ1) is 7.13. The summed E-state index contributed by atoms with van der Waals surface area (Å²) >= 11 is 4.48. The Morgan fingerprint density at radius 1 is 1.62 bits per heavy atom. The number of carboxylic acid groups (broad SMARTS) is 1. The van der Waals surface area contributed by atoms with Crippen LogP contribution in [0.25, 0.3) is 10.2 Å². The molecule has 0 atom stereocenters. The second kappa shape index (κ2) is 5.90. The van der Waals surface area contributed by atoms with Crippen LogP contribution in [0.2, 0.25) is 0 Å². The van der Waals surface area contributed by atoms with Gasteiger partial charge in [-0.1, -0.05) is 0 Å². The van der Waals surface area contributed by atoms with E-state index in [2.05, 4.69) is 20.9 Å². The molecule has 2 aromatic rings. The molecule has 0 aliphatic carbocycles. The third-order valence-corrected chi connectivity index (χ3v) is 3.99. The van der Waals surface area contributed by atoms with Gasteiger partial charge in [0.1, 0.15) is 5.75 Å². The van der Waals surface area contributed by atoms with E-state index in [4.69, 9.17) is 9.84 Å². The van der Waals surface area contributed by atoms with Gasteiger partial charge in [0.05, 0.1) is 21.8 Å². The molecule has 0 fully saturated rings. The molecule has 1 N–H and O–H groups in total. The minimum Gasteiger partial charge on any atom is -1.00 e. The monoisotopic (exact) mass is 327 g/mol. The number of fused-ring (bicyclic) bond motifs is 1. The smallest absolute Gasteiger partial charge is 1.00 e. The Bertz CT molecular complexity index is 548. The standard InChI is InChI=1S/C9H6BrNO3S.K.H/c1-14-5-3-2-4-7(6(5)10)15-8(11-4)9(12)13;;/h2-3H,1H3,(H,12,13);;/q;+1;-1. The van der Waals surface area contributed by atoms with Gasteiger partial charge in [-0.2, -0.15) is 0 Å². The van der Waals surface area contributed by atoms with Crippen molar-refractivity contribution >= 4 is 43.5 Å². The van der Waals surface area contributed by atoms with Crippen LogP contribution in [0.1, 0.15) is 11.2 Å². The molecule has 0 amide bonds. The average molecular weight is 328 g/mol. The number of carboxylic acids is 1. The predicted octanol–water partition coefficient (Wildman–Crippen LogP) is -0.118. The molecule has 0 saturated carbocycles. The zero-order chi connectivity index (χ0) is 11.0. The zero-order valence-corrected chi connectivity index (χ0v) is 14.2. The minimum absolute atomic E-state index is 0. The van der Waals surface area contributed by atoms with Gasteiger partial charge in [0.15, 0.2) is 0 Å². The number of thiazole rings is 1. The third kappa shape index (κ3) is 2.66. The Balaban J connectivity index is 0.00000128. The summed E-state index contributed by atoms with van der Waals surface area (Å²) in [5.74, 6) is -0.342. The molecular formula is C9H7BrKNO3S. The van der Waals surface area contributed by atoms with Gasteiger partial charge in [0.25, 0.3) is 0 Å². The number of aromatic nitrogens is 1. The van der Waals surface area contributed by atoms with Gasteiger partial charge >= 0.3 is 57.4 Å².